The van der Waals surface area contributed by atoms with Crippen LogP contribution in [0.3, 0.4) is 0 Å². The van der Waals surface area contributed by atoms with Gasteiger partial charge in [0, 0.05) is 18.2 Å². The van der Waals surface area contributed by atoms with E-state index in [9.17, 15) is 4.79 Å². The molecule has 3 saturated carbocycles. The van der Waals surface area contributed by atoms with Crippen molar-refractivity contribution in [2.24, 2.45) is 17.3 Å². The smallest absolute Gasteiger partial charge is 0.340 e. The van der Waals surface area contributed by atoms with Crippen molar-refractivity contribution in [1.82, 2.24) is 9.71 Å². The first-order valence-corrected chi connectivity index (χ1v) is 10.5. The third-order valence-electron chi connectivity index (χ3n) is 9.19. The van der Waals surface area contributed by atoms with Crippen molar-refractivity contribution in [2.45, 2.75) is 83.0 Å². The standard InChI is InChI=1S/C19H30BN2O3/c1-18(2)12-10-14(18)19(3)15(11-12)24-20(25-19)16-7-5-8-21(16)17(23)13-6-4-9-22(13)20/h12-16H,4-11H2,1-3H3/q-1/t12-,13-,14-,15+,16-,19-,20?/m0/s1. The first-order chi connectivity index (χ1) is 11.9. The second kappa shape index (κ2) is 4.45. The highest BCUT2D eigenvalue weighted by molar-refractivity contribution is 6.68. The lowest BCUT2D eigenvalue weighted by Crippen LogP contribution is -2.76. The Bertz CT molecular complexity index is 631. The van der Waals surface area contributed by atoms with Crippen molar-refractivity contribution in [2.75, 3.05) is 13.1 Å². The molecule has 4 aliphatic heterocycles. The number of hydrogen-bond donors (Lipinski definition) is 0. The SMILES string of the molecule is CC1(C)[C@@H]2C[C@H]3O[B-]4(O[C@@]3(C)[C@H]1C2)[C@@H]1CCCN1C(=O)[C@@H]1CCCN14. The Morgan fingerprint density at radius 3 is 2.72 bits per heavy atom. The Kier molecular flexibility index (Phi) is 2.75. The van der Waals surface area contributed by atoms with Crippen LogP contribution < -0.4 is 0 Å². The summed E-state index contributed by atoms with van der Waals surface area (Å²) in [6, 6.07) is 0.00103. The molecule has 138 valence electrons. The summed E-state index contributed by atoms with van der Waals surface area (Å²) >= 11 is 0. The van der Waals surface area contributed by atoms with Crippen LogP contribution in [0.1, 0.15) is 59.3 Å². The number of carbonyl (C=O) groups excluding carboxylic acids is 1. The molecule has 1 unspecified atom stereocenters. The fourth-order valence-electron chi connectivity index (χ4n) is 7.80. The molecule has 3 aliphatic carbocycles. The summed E-state index contributed by atoms with van der Waals surface area (Å²) in [4.78, 5) is 17.5. The quantitative estimate of drug-likeness (QED) is 0.631. The normalized spacial score (nSPS) is 55.9. The topological polar surface area (TPSA) is 42.0 Å². The third kappa shape index (κ3) is 1.58. The highest BCUT2D eigenvalue weighted by Gasteiger charge is 2.71. The maximum atomic E-state index is 13.0. The Labute approximate surface area is 150 Å². The molecule has 2 bridgehead atoms. The highest BCUT2D eigenvalue weighted by atomic mass is 16.7. The minimum absolute atomic E-state index is 0.00103. The lowest BCUT2D eigenvalue weighted by molar-refractivity contribution is -0.200. The van der Waals surface area contributed by atoms with E-state index in [1.807, 2.05) is 0 Å². The predicted octanol–water partition coefficient (Wildman–Crippen LogP) is 2.17. The van der Waals surface area contributed by atoms with E-state index in [2.05, 4.69) is 30.5 Å². The van der Waals surface area contributed by atoms with Gasteiger partial charge in [-0.2, -0.15) is 0 Å². The van der Waals surface area contributed by atoms with Gasteiger partial charge in [-0.3, -0.25) is 4.79 Å². The molecule has 7 fully saturated rings. The van der Waals surface area contributed by atoms with E-state index in [0.29, 0.717) is 17.2 Å². The maximum Gasteiger partial charge on any atom is 0.340 e. The van der Waals surface area contributed by atoms with Gasteiger partial charge >= 0.3 is 6.69 Å². The second-order valence-electron chi connectivity index (χ2n) is 10.3. The lowest BCUT2D eigenvalue weighted by Gasteiger charge is -2.66. The Morgan fingerprint density at radius 2 is 1.92 bits per heavy atom. The molecule has 1 amide bonds. The van der Waals surface area contributed by atoms with E-state index in [1.54, 1.807) is 0 Å². The van der Waals surface area contributed by atoms with Crippen LogP contribution in [-0.4, -0.2) is 59.1 Å². The molecule has 4 saturated heterocycles. The molecule has 0 aromatic rings. The molecule has 1 spiro atoms. The first-order valence-electron chi connectivity index (χ1n) is 10.5. The summed E-state index contributed by atoms with van der Waals surface area (Å²) in [6.07, 6.45) is 6.81. The summed E-state index contributed by atoms with van der Waals surface area (Å²) in [7, 11) is 0. The van der Waals surface area contributed by atoms with Gasteiger partial charge < -0.3 is 19.0 Å². The molecular weight excluding hydrogens is 315 g/mol. The average molecular weight is 345 g/mol. The molecule has 6 heteroatoms. The van der Waals surface area contributed by atoms with Gasteiger partial charge in [0.25, 0.3) is 0 Å². The molecule has 0 aromatic heterocycles. The zero-order chi connectivity index (χ0) is 17.2. The van der Waals surface area contributed by atoms with E-state index >= 15 is 0 Å². The second-order valence-corrected chi connectivity index (χ2v) is 10.3. The van der Waals surface area contributed by atoms with E-state index in [0.717, 1.165) is 51.1 Å². The fourth-order valence-corrected chi connectivity index (χ4v) is 7.80. The fraction of sp³-hybridized carbons (Fsp3) is 0.947. The van der Waals surface area contributed by atoms with Crippen LogP contribution in [0, 0.1) is 17.3 Å². The largest absolute Gasteiger partial charge is 0.549 e. The van der Waals surface area contributed by atoms with Crippen LogP contribution in [0.15, 0.2) is 0 Å². The Morgan fingerprint density at radius 1 is 1.12 bits per heavy atom. The van der Waals surface area contributed by atoms with Crippen molar-refractivity contribution >= 4 is 12.6 Å². The molecule has 0 aromatic carbocycles. The van der Waals surface area contributed by atoms with Gasteiger partial charge in [-0.05, 0) is 68.8 Å². The number of carbonyl (C=O) groups is 1. The highest BCUT2D eigenvalue weighted by Crippen LogP contribution is 2.67. The van der Waals surface area contributed by atoms with Crippen LogP contribution in [0.2, 0.25) is 0 Å². The minimum atomic E-state index is -1.53. The van der Waals surface area contributed by atoms with Crippen LogP contribution in [-0.2, 0) is 14.1 Å². The zero-order valence-corrected chi connectivity index (χ0v) is 15.7. The molecule has 4 heterocycles. The summed E-state index contributed by atoms with van der Waals surface area (Å²) in [5, 5.41) is 0. The monoisotopic (exact) mass is 345 g/mol. The molecule has 7 aliphatic rings. The number of nitrogens with zero attached hydrogens (tertiary/aromatic N) is 2. The van der Waals surface area contributed by atoms with E-state index < -0.39 is 6.69 Å². The third-order valence-corrected chi connectivity index (χ3v) is 9.19. The lowest BCUT2D eigenvalue weighted by atomic mass is 9.43. The van der Waals surface area contributed by atoms with Gasteiger partial charge in [0.15, 0.2) is 0 Å². The van der Waals surface area contributed by atoms with Crippen LogP contribution in [0.25, 0.3) is 0 Å². The first kappa shape index (κ1) is 15.5. The maximum absolute atomic E-state index is 13.0. The van der Waals surface area contributed by atoms with Gasteiger partial charge in [0.05, 0.1) is 6.04 Å². The average Bonchev–Trinajstić information content (AvgIpc) is 3.28. The Hall–Kier alpha value is -0.585. The van der Waals surface area contributed by atoms with E-state index in [4.69, 9.17) is 9.31 Å². The van der Waals surface area contributed by atoms with E-state index in [1.165, 1.54) is 6.42 Å². The summed E-state index contributed by atoms with van der Waals surface area (Å²) in [6.45, 7) is 7.47. The molecule has 0 radical (unpaired) electrons. The number of amides is 1. The van der Waals surface area contributed by atoms with Crippen molar-refractivity contribution in [3.63, 3.8) is 0 Å². The van der Waals surface area contributed by atoms with Crippen molar-refractivity contribution in [3.05, 3.63) is 0 Å². The molecule has 7 rings (SSSR count). The minimum Gasteiger partial charge on any atom is -0.549 e. The number of fused-ring (bicyclic) bond motifs is 4. The van der Waals surface area contributed by atoms with Crippen LogP contribution in [0.5, 0.6) is 0 Å². The van der Waals surface area contributed by atoms with Gasteiger partial charge in [-0.1, -0.05) is 20.3 Å². The van der Waals surface area contributed by atoms with Gasteiger partial charge in [-0.25, -0.2) is 0 Å². The van der Waals surface area contributed by atoms with Crippen molar-refractivity contribution in [3.8, 4) is 0 Å². The van der Waals surface area contributed by atoms with Crippen molar-refractivity contribution < 1.29 is 14.1 Å². The summed E-state index contributed by atoms with van der Waals surface area (Å²) in [5.74, 6) is 1.83. The molecule has 25 heavy (non-hydrogen) atoms. The summed E-state index contributed by atoms with van der Waals surface area (Å²) in [5.41, 5.74) is 0.181. The van der Waals surface area contributed by atoms with Gasteiger partial charge in [-0.15, -0.1) is 0 Å². The molecule has 7 atom stereocenters. The number of rotatable bonds is 0. The molecular formula is C19H30BN2O3-. The van der Waals surface area contributed by atoms with Gasteiger partial charge in [0.2, 0.25) is 5.91 Å². The van der Waals surface area contributed by atoms with Gasteiger partial charge in [0.1, 0.15) is 0 Å². The van der Waals surface area contributed by atoms with Crippen LogP contribution >= 0.6 is 0 Å². The zero-order valence-electron chi connectivity index (χ0n) is 15.7. The molecule has 5 nitrogen and oxygen atoms in total. The van der Waals surface area contributed by atoms with Crippen molar-refractivity contribution in [1.29, 1.82) is 0 Å². The number of hydrogen-bond acceptors (Lipinski definition) is 4. The predicted molar refractivity (Wildman–Crippen MR) is 94.6 cm³/mol. The molecule has 0 N–H and O–H groups in total. The Balaban J connectivity index is 1.44. The van der Waals surface area contributed by atoms with E-state index in [-0.39, 0.29) is 23.7 Å². The summed E-state index contributed by atoms with van der Waals surface area (Å²) < 4.78 is 14.1. The van der Waals surface area contributed by atoms with Crippen LogP contribution in [0.4, 0.5) is 0 Å².